The second-order valence-electron chi connectivity index (χ2n) is 6.26. The topological polar surface area (TPSA) is 88.4 Å². The summed E-state index contributed by atoms with van der Waals surface area (Å²) in [6, 6.07) is 6.78. The molecule has 0 fully saturated rings. The molecule has 0 spiro atoms. The normalized spacial score (nSPS) is 11.0. The molecule has 0 aliphatic rings. The van der Waals surface area contributed by atoms with Crippen molar-refractivity contribution in [2.24, 2.45) is 5.92 Å². The first kappa shape index (κ1) is 21.2. The second kappa shape index (κ2) is 10.9. The van der Waals surface area contributed by atoms with Gasteiger partial charge in [0, 0.05) is 13.0 Å². The van der Waals surface area contributed by atoms with Crippen molar-refractivity contribution in [3.05, 3.63) is 29.3 Å². The predicted molar refractivity (Wildman–Crippen MR) is 99.6 cm³/mol. The molecule has 0 bridgehead atoms. The number of ether oxygens (including phenoxy) is 2. The number of nitrogens with zero attached hydrogens (tertiary/aromatic N) is 1. The quantitative estimate of drug-likeness (QED) is 0.240. The van der Waals surface area contributed by atoms with Crippen LogP contribution < -0.4 is 14.8 Å². The molecule has 1 rings (SSSR count). The Bertz CT molecular complexity index is 702. The predicted octanol–water partition coefficient (Wildman–Crippen LogP) is 3.47. The van der Waals surface area contributed by atoms with E-state index in [1.54, 1.807) is 18.2 Å². The van der Waals surface area contributed by atoms with Gasteiger partial charge in [-0.1, -0.05) is 33.3 Å². The zero-order chi connectivity index (χ0) is 19.5. The van der Waals surface area contributed by atoms with Gasteiger partial charge in [0.1, 0.15) is 11.6 Å². The Kier molecular flexibility index (Phi) is 8.93. The van der Waals surface area contributed by atoms with Gasteiger partial charge in [0.25, 0.3) is 5.91 Å². The van der Waals surface area contributed by atoms with E-state index in [-0.39, 0.29) is 17.5 Å². The number of amides is 1. The average molecular weight is 358 g/mol. The van der Waals surface area contributed by atoms with Gasteiger partial charge in [-0.3, -0.25) is 9.59 Å². The number of esters is 1. The highest BCUT2D eigenvalue weighted by Crippen LogP contribution is 2.29. The van der Waals surface area contributed by atoms with E-state index in [1.807, 2.05) is 26.8 Å². The van der Waals surface area contributed by atoms with Crippen LogP contribution in [0.2, 0.25) is 0 Å². The van der Waals surface area contributed by atoms with E-state index in [1.165, 1.54) is 13.2 Å². The highest BCUT2D eigenvalue weighted by atomic mass is 16.6. The molecule has 1 amide bonds. The van der Waals surface area contributed by atoms with E-state index in [9.17, 15) is 14.9 Å². The van der Waals surface area contributed by atoms with Gasteiger partial charge in [-0.05, 0) is 36.1 Å². The summed E-state index contributed by atoms with van der Waals surface area (Å²) in [7, 11) is 1.46. The minimum Gasteiger partial charge on any atom is -0.493 e. The molecule has 0 unspecified atom stereocenters. The SMILES string of the molecule is CCCCNC(=O)/C(C#N)=C/c1ccc(OC(=O)CC(C)C)c(OC)c1. The fourth-order valence-corrected chi connectivity index (χ4v) is 2.15. The van der Waals surface area contributed by atoms with Crippen molar-refractivity contribution in [2.45, 2.75) is 40.0 Å². The number of hydrogen-bond acceptors (Lipinski definition) is 5. The summed E-state index contributed by atoms with van der Waals surface area (Å²) >= 11 is 0. The second-order valence-corrected chi connectivity index (χ2v) is 6.26. The zero-order valence-corrected chi connectivity index (χ0v) is 15.8. The number of methoxy groups -OCH3 is 1. The molecule has 6 heteroatoms. The average Bonchev–Trinajstić information content (AvgIpc) is 2.60. The molecule has 0 saturated heterocycles. The lowest BCUT2D eigenvalue weighted by molar-refractivity contribution is -0.135. The van der Waals surface area contributed by atoms with Gasteiger partial charge in [0.2, 0.25) is 0 Å². The highest BCUT2D eigenvalue weighted by Gasteiger charge is 2.13. The van der Waals surface area contributed by atoms with Crippen molar-refractivity contribution in [1.29, 1.82) is 5.26 Å². The van der Waals surface area contributed by atoms with Gasteiger partial charge in [0.15, 0.2) is 11.5 Å². The maximum absolute atomic E-state index is 12.0. The zero-order valence-electron chi connectivity index (χ0n) is 15.8. The molecule has 0 aliphatic heterocycles. The standard InChI is InChI=1S/C20H26N2O4/c1-5-6-9-22-20(24)16(13-21)11-15-7-8-17(18(12-15)25-4)26-19(23)10-14(2)3/h7-8,11-12,14H,5-6,9-10H2,1-4H3,(H,22,24)/b16-11+. The lowest BCUT2D eigenvalue weighted by atomic mass is 10.1. The Morgan fingerprint density at radius 1 is 1.31 bits per heavy atom. The van der Waals surface area contributed by atoms with Crippen molar-refractivity contribution in [3.8, 4) is 17.6 Å². The Hall–Kier alpha value is -2.81. The van der Waals surface area contributed by atoms with Crippen LogP contribution in [0.15, 0.2) is 23.8 Å². The van der Waals surface area contributed by atoms with Gasteiger partial charge in [-0.25, -0.2) is 0 Å². The Morgan fingerprint density at radius 2 is 2.04 bits per heavy atom. The molecule has 1 aromatic rings. The van der Waals surface area contributed by atoms with E-state index in [0.29, 0.717) is 30.0 Å². The van der Waals surface area contributed by atoms with Gasteiger partial charge in [-0.2, -0.15) is 5.26 Å². The van der Waals surface area contributed by atoms with E-state index in [4.69, 9.17) is 9.47 Å². The van der Waals surface area contributed by atoms with Crippen molar-refractivity contribution in [2.75, 3.05) is 13.7 Å². The van der Waals surface area contributed by atoms with Crippen molar-refractivity contribution in [1.82, 2.24) is 5.32 Å². The fourth-order valence-electron chi connectivity index (χ4n) is 2.15. The maximum Gasteiger partial charge on any atom is 0.311 e. The molecule has 140 valence electrons. The van der Waals surface area contributed by atoms with Crippen LogP contribution in [-0.2, 0) is 9.59 Å². The van der Waals surface area contributed by atoms with E-state index in [2.05, 4.69) is 5.32 Å². The minimum absolute atomic E-state index is 0.00714. The van der Waals surface area contributed by atoms with Gasteiger partial charge >= 0.3 is 5.97 Å². The first-order chi connectivity index (χ1) is 12.4. The number of rotatable bonds is 9. The Balaban J connectivity index is 2.95. The molecule has 1 aromatic carbocycles. The summed E-state index contributed by atoms with van der Waals surface area (Å²) in [4.78, 5) is 23.8. The maximum atomic E-state index is 12.0. The number of carbonyl (C=O) groups excluding carboxylic acids is 2. The van der Waals surface area contributed by atoms with Crippen molar-refractivity contribution < 1.29 is 19.1 Å². The molecule has 26 heavy (non-hydrogen) atoms. The Labute approximate surface area is 154 Å². The first-order valence-electron chi connectivity index (χ1n) is 8.70. The molecule has 0 atom stereocenters. The lowest BCUT2D eigenvalue weighted by Crippen LogP contribution is -2.25. The summed E-state index contributed by atoms with van der Waals surface area (Å²) < 4.78 is 10.6. The molecular formula is C20H26N2O4. The van der Waals surface area contributed by atoms with Crippen molar-refractivity contribution >= 4 is 18.0 Å². The number of unbranched alkanes of at least 4 members (excludes halogenated alkanes) is 1. The van der Waals surface area contributed by atoms with E-state index >= 15 is 0 Å². The van der Waals surface area contributed by atoms with Gasteiger partial charge < -0.3 is 14.8 Å². The van der Waals surface area contributed by atoms with Crippen molar-refractivity contribution in [3.63, 3.8) is 0 Å². The monoisotopic (exact) mass is 358 g/mol. The van der Waals surface area contributed by atoms with E-state index < -0.39 is 5.91 Å². The number of nitrogens with one attached hydrogen (secondary N) is 1. The van der Waals surface area contributed by atoms with Gasteiger partial charge in [0.05, 0.1) is 7.11 Å². The molecule has 1 N–H and O–H groups in total. The first-order valence-corrected chi connectivity index (χ1v) is 8.70. The summed E-state index contributed by atoms with van der Waals surface area (Å²) in [6.07, 6.45) is 3.60. The lowest BCUT2D eigenvalue weighted by Gasteiger charge is -2.11. The third-order valence-corrected chi connectivity index (χ3v) is 3.48. The summed E-state index contributed by atoms with van der Waals surface area (Å²) in [5, 5.41) is 11.9. The van der Waals surface area contributed by atoms with Gasteiger partial charge in [-0.15, -0.1) is 0 Å². The third-order valence-electron chi connectivity index (χ3n) is 3.48. The molecule has 0 radical (unpaired) electrons. The fraction of sp³-hybridized carbons (Fsp3) is 0.450. The number of benzene rings is 1. The summed E-state index contributed by atoms with van der Waals surface area (Å²) in [6.45, 7) is 6.42. The minimum atomic E-state index is -0.410. The van der Waals surface area contributed by atoms with Crippen LogP contribution in [0.25, 0.3) is 6.08 Å². The molecule has 0 aromatic heterocycles. The van der Waals surface area contributed by atoms with Crippen LogP contribution in [0.5, 0.6) is 11.5 Å². The van der Waals surface area contributed by atoms with Crippen LogP contribution in [0, 0.1) is 17.2 Å². The van der Waals surface area contributed by atoms with Crippen LogP contribution in [0.1, 0.15) is 45.6 Å². The molecule has 6 nitrogen and oxygen atoms in total. The van der Waals surface area contributed by atoms with Crippen LogP contribution in [-0.4, -0.2) is 25.5 Å². The largest absolute Gasteiger partial charge is 0.493 e. The summed E-state index contributed by atoms with van der Waals surface area (Å²) in [5.74, 6) is 0.114. The number of hydrogen-bond donors (Lipinski definition) is 1. The number of carbonyl (C=O) groups is 2. The third kappa shape index (κ3) is 6.98. The number of nitriles is 1. The highest BCUT2D eigenvalue weighted by molar-refractivity contribution is 6.01. The molecular weight excluding hydrogens is 332 g/mol. The Morgan fingerprint density at radius 3 is 2.62 bits per heavy atom. The molecule has 0 aliphatic carbocycles. The molecule has 0 saturated carbocycles. The molecule has 0 heterocycles. The smallest absolute Gasteiger partial charge is 0.311 e. The summed E-state index contributed by atoms with van der Waals surface area (Å²) in [5.41, 5.74) is 0.611. The van der Waals surface area contributed by atoms with Crippen LogP contribution >= 0.6 is 0 Å². The van der Waals surface area contributed by atoms with Crippen LogP contribution in [0.4, 0.5) is 0 Å². The van der Waals surface area contributed by atoms with Crippen LogP contribution in [0.3, 0.4) is 0 Å². The van der Waals surface area contributed by atoms with E-state index in [0.717, 1.165) is 12.8 Å².